The van der Waals surface area contributed by atoms with Crippen molar-refractivity contribution in [2.45, 2.75) is 13.0 Å². The molecule has 0 aliphatic carbocycles. The number of hydrogen-bond donors (Lipinski definition) is 2. The molecule has 3 aromatic rings. The summed E-state index contributed by atoms with van der Waals surface area (Å²) in [5.41, 5.74) is 1.99. The summed E-state index contributed by atoms with van der Waals surface area (Å²) in [6, 6.07) is 22.0. The Balaban J connectivity index is 1.96. The summed E-state index contributed by atoms with van der Waals surface area (Å²) in [7, 11) is 0. The zero-order valence-corrected chi connectivity index (χ0v) is 11.4. The van der Waals surface area contributed by atoms with Crippen LogP contribution in [0.25, 0.3) is 10.8 Å². The van der Waals surface area contributed by atoms with Crippen LogP contribution in [0.15, 0.2) is 66.7 Å². The Morgan fingerprint density at radius 3 is 2.40 bits per heavy atom. The van der Waals surface area contributed by atoms with E-state index in [1.807, 2.05) is 36.4 Å². The Labute approximate surface area is 118 Å². The molecule has 0 radical (unpaired) electrons. The largest absolute Gasteiger partial charge is 0.508 e. The molecule has 0 heterocycles. The van der Waals surface area contributed by atoms with Gasteiger partial charge in [-0.15, -0.1) is 0 Å². The summed E-state index contributed by atoms with van der Waals surface area (Å²) < 4.78 is 0. The van der Waals surface area contributed by atoms with Crippen molar-refractivity contribution in [2.75, 3.05) is 5.32 Å². The maximum Gasteiger partial charge on any atom is 0.120 e. The first-order valence-electron chi connectivity index (χ1n) is 6.78. The van der Waals surface area contributed by atoms with Gasteiger partial charge in [0.2, 0.25) is 0 Å². The molecule has 3 aromatic carbocycles. The molecule has 100 valence electrons. The van der Waals surface area contributed by atoms with E-state index in [1.54, 1.807) is 6.07 Å². The van der Waals surface area contributed by atoms with Gasteiger partial charge in [0.05, 0.1) is 6.04 Å². The van der Waals surface area contributed by atoms with Crippen molar-refractivity contribution in [2.24, 2.45) is 0 Å². The van der Waals surface area contributed by atoms with Crippen molar-refractivity contribution >= 4 is 16.5 Å². The molecule has 0 fully saturated rings. The first-order chi connectivity index (χ1) is 9.75. The van der Waals surface area contributed by atoms with Gasteiger partial charge in [0.25, 0.3) is 0 Å². The summed E-state index contributed by atoms with van der Waals surface area (Å²) in [6.45, 7) is 2.05. The average Bonchev–Trinajstić information content (AvgIpc) is 2.48. The number of hydrogen-bond acceptors (Lipinski definition) is 2. The third-order valence-corrected chi connectivity index (χ3v) is 3.56. The highest BCUT2D eigenvalue weighted by Crippen LogP contribution is 2.30. The van der Waals surface area contributed by atoms with Crippen molar-refractivity contribution in [1.29, 1.82) is 0 Å². The summed E-state index contributed by atoms with van der Waals surface area (Å²) in [6.07, 6.45) is 0. The van der Waals surface area contributed by atoms with Crippen molar-refractivity contribution in [3.05, 3.63) is 72.3 Å². The molecule has 0 saturated heterocycles. The summed E-state index contributed by atoms with van der Waals surface area (Å²) in [5.74, 6) is 0.327. The minimum Gasteiger partial charge on any atom is -0.508 e. The fourth-order valence-corrected chi connectivity index (χ4v) is 2.52. The highest BCUT2D eigenvalue weighted by atomic mass is 16.3. The molecule has 3 rings (SSSR count). The normalized spacial score (nSPS) is 12.2. The van der Waals surface area contributed by atoms with Gasteiger partial charge in [-0.05, 0) is 24.4 Å². The molecule has 2 N–H and O–H groups in total. The second kappa shape index (κ2) is 5.25. The monoisotopic (exact) mass is 263 g/mol. The Kier molecular flexibility index (Phi) is 3.30. The predicted molar refractivity (Wildman–Crippen MR) is 84.1 cm³/mol. The SMILES string of the molecule is CC(Nc1cccc2ccccc12)c1ccccc1O. The number of fused-ring (bicyclic) bond motifs is 1. The van der Waals surface area contributed by atoms with E-state index in [9.17, 15) is 5.11 Å². The highest BCUT2D eigenvalue weighted by molar-refractivity contribution is 5.93. The second-order valence-corrected chi connectivity index (χ2v) is 4.95. The van der Waals surface area contributed by atoms with E-state index in [4.69, 9.17) is 0 Å². The Morgan fingerprint density at radius 1 is 0.850 bits per heavy atom. The van der Waals surface area contributed by atoms with Crippen molar-refractivity contribution in [1.82, 2.24) is 0 Å². The van der Waals surface area contributed by atoms with Crippen LogP contribution in [-0.4, -0.2) is 5.11 Å². The molecule has 1 atom stereocenters. The van der Waals surface area contributed by atoms with Crippen molar-refractivity contribution in [3.63, 3.8) is 0 Å². The van der Waals surface area contributed by atoms with E-state index >= 15 is 0 Å². The van der Waals surface area contributed by atoms with Crippen molar-refractivity contribution < 1.29 is 5.11 Å². The Hall–Kier alpha value is -2.48. The summed E-state index contributed by atoms with van der Waals surface area (Å²) in [4.78, 5) is 0. The molecule has 0 spiro atoms. The minimum atomic E-state index is 0.0435. The van der Waals surface area contributed by atoms with E-state index < -0.39 is 0 Å². The molecule has 20 heavy (non-hydrogen) atoms. The molecule has 2 nitrogen and oxygen atoms in total. The number of anilines is 1. The standard InChI is InChI=1S/C18H17NO/c1-13(15-9-4-5-12-18(15)20)19-17-11-6-8-14-7-2-3-10-16(14)17/h2-13,19-20H,1H3. The molecule has 0 aliphatic heterocycles. The van der Waals surface area contributed by atoms with Gasteiger partial charge < -0.3 is 10.4 Å². The molecule has 2 heteroatoms. The molecule has 0 bridgehead atoms. The lowest BCUT2D eigenvalue weighted by molar-refractivity contribution is 0.465. The van der Waals surface area contributed by atoms with E-state index in [0.717, 1.165) is 11.3 Å². The molecular weight excluding hydrogens is 246 g/mol. The van der Waals surface area contributed by atoms with Gasteiger partial charge in [0.15, 0.2) is 0 Å². The fourth-order valence-electron chi connectivity index (χ4n) is 2.52. The van der Waals surface area contributed by atoms with Crippen LogP contribution in [0.3, 0.4) is 0 Å². The first-order valence-corrected chi connectivity index (χ1v) is 6.78. The Morgan fingerprint density at radius 2 is 1.55 bits per heavy atom. The maximum absolute atomic E-state index is 9.93. The number of nitrogens with one attached hydrogen (secondary N) is 1. The summed E-state index contributed by atoms with van der Waals surface area (Å²) in [5, 5.41) is 15.8. The fraction of sp³-hybridized carbons (Fsp3) is 0.111. The van der Waals surface area contributed by atoms with Crippen LogP contribution >= 0.6 is 0 Å². The van der Waals surface area contributed by atoms with Gasteiger partial charge >= 0.3 is 0 Å². The lowest BCUT2D eigenvalue weighted by Gasteiger charge is -2.18. The van der Waals surface area contributed by atoms with Gasteiger partial charge in [-0.25, -0.2) is 0 Å². The van der Waals surface area contributed by atoms with E-state index in [0.29, 0.717) is 5.75 Å². The topological polar surface area (TPSA) is 32.3 Å². The molecule has 1 unspecified atom stereocenters. The Bertz CT molecular complexity index is 731. The quantitative estimate of drug-likeness (QED) is 0.716. The van der Waals surface area contributed by atoms with Gasteiger partial charge in [0, 0.05) is 16.6 Å². The van der Waals surface area contributed by atoms with Crippen LogP contribution in [0.2, 0.25) is 0 Å². The number of phenolic OH excluding ortho intramolecular Hbond substituents is 1. The van der Waals surface area contributed by atoms with Crippen molar-refractivity contribution in [3.8, 4) is 5.75 Å². The smallest absolute Gasteiger partial charge is 0.120 e. The van der Waals surface area contributed by atoms with Crippen LogP contribution < -0.4 is 5.32 Å². The second-order valence-electron chi connectivity index (χ2n) is 4.95. The average molecular weight is 263 g/mol. The summed E-state index contributed by atoms with van der Waals surface area (Å²) >= 11 is 0. The molecular formula is C18H17NO. The van der Waals surface area contributed by atoms with Crippen LogP contribution in [0.5, 0.6) is 5.75 Å². The number of aromatic hydroxyl groups is 1. The third-order valence-electron chi connectivity index (χ3n) is 3.56. The number of phenols is 1. The van der Waals surface area contributed by atoms with Gasteiger partial charge in [0.1, 0.15) is 5.75 Å². The lowest BCUT2D eigenvalue weighted by atomic mass is 10.0. The maximum atomic E-state index is 9.93. The van der Waals surface area contributed by atoms with Crippen LogP contribution in [0, 0.1) is 0 Å². The predicted octanol–water partition coefficient (Wildman–Crippen LogP) is 4.72. The van der Waals surface area contributed by atoms with Gasteiger partial charge in [-0.3, -0.25) is 0 Å². The molecule has 0 aromatic heterocycles. The minimum absolute atomic E-state index is 0.0435. The molecule has 0 aliphatic rings. The zero-order valence-electron chi connectivity index (χ0n) is 11.4. The zero-order chi connectivity index (χ0) is 13.9. The van der Waals surface area contributed by atoms with E-state index in [1.165, 1.54) is 10.8 Å². The highest BCUT2D eigenvalue weighted by Gasteiger charge is 2.10. The van der Waals surface area contributed by atoms with Crippen LogP contribution in [0.4, 0.5) is 5.69 Å². The van der Waals surface area contributed by atoms with E-state index in [2.05, 4.69) is 36.5 Å². The van der Waals surface area contributed by atoms with Crippen LogP contribution in [-0.2, 0) is 0 Å². The number of benzene rings is 3. The lowest BCUT2D eigenvalue weighted by Crippen LogP contribution is -2.07. The molecule has 0 saturated carbocycles. The van der Waals surface area contributed by atoms with Crippen LogP contribution in [0.1, 0.15) is 18.5 Å². The third kappa shape index (κ3) is 2.32. The van der Waals surface area contributed by atoms with Gasteiger partial charge in [-0.2, -0.15) is 0 Å². The molecule has 0 amide bonds. The van der Waals surface area contributed by atoms with Gasteiger partial charge in [-0.1, -0.05) is 54.6 Å². The number of rotatable bonds is 3. The number of para-hydroxylation sites is 1. The first kappa shape index (κ1) is 12.5. The van der Waals surface area contributed by atoms with E-state index in [-0.39, 0.29) is 6.04 Å².